The first kappa shape index (κ1) is 16.9. The molecule has 1 aromatic carbocycles. The fourth-order valence-electron chi connectivity index (χ4n) is 4.01. The van der Waals surface area contributed by atoms with Gasteiger partial charge in [0.15, 0.2) is 0 Å². The number of aromatic nitrogens is 1. The maximum Gasteiger partial charge on any atom is 0.272 e. The zero-order chi connectivity index (χ0) is 18.1. The highest BCUT2D eigenvalue weighted by molar-refractivity contribution is 6.31. The molecular formula is C20H18ClN3O2. The molecule has 132 valence electrons. The van der Waals surface area contributed by atoms with Gasteiger partial charge in [-0.3, -0.25) is 9.78 Å². The second-order valence-electron chi connectivity index (χ2n) is 6.91. The number of carbonyl (C=O) groups is 1. The smallest absolute Gasteiger partial charge is 0.272 e. The zero-order valence-electron chi connectivity index (χ0n) is 14.1. The van der Waals surface area contributed by atoms with Gasteiger partial charge < -0.3 is 9.64 Å². The van der Waals surface area contributed by atoms with Crippen LogP contribution < -0.4 is 4.74 Å². The molecule has 1 aliphatic carbocycles. The van der Waals surface area contributed by atoms with Gasteiger partial charge in [0.1, 0.15) is 17.5 Å². The molecule has 1 saturated carbocycles. The molecule has 5 nitrogen and oxygen atoms in total. The van der Waals surface area contributed by atoms with E-state index in [1.165, 1.54) is 0 Å². The number of hydrogen-bond donors (Lipinski definition) is 0. The van der Waals surface area contributed by atoms with Crippen LogP contribution in [0.5, 0.6) is 5.75 Å². The second kappa shape index (κ2) is 6.97. The first-order valence-corrected chi connectivity index (χ1v) is 9.08. The molecule has 2 aromatic rings. The van der Waals surface area contributed by atoms with Gasteiger partial charge >= 0.3 is 0 Å². The minimum absolute atomic E-state index is 0.0105. The summed E-state index contributed by atoms with van der Waals surface area (Å²) in [6.45, 7) is 1.52. The Kier molecular flexibility index (Phi) is 4.52. The van der Waals surface area contributed by atoms with Gasteiger partial charge in [-0.25, -0.2) is 0 Å². The van der Waals surface area contributed by atoms with Gasteiger partial charge in [0, 0.05) is 25.4 Å². The molecule has 6 heteroatoms. The predicted octanol–water partition coefficient (Wildman–Crippen LogP) is 3.54. The first-order chi connectivity index (χ1) is 12.6. The number of fused-ring (bicyclic) bond motifs is 1. The topological polar surface area (TPSA) is 66.2 Å². The average molecular weight is 368 g/mol. The van der Waals surface area contributed by atoms with Crippen molar-refractivity contribution in [1.29, 1.82) is 5.26 Å². The van der Waals surface area contributed by atoms with Crippen molar-refractivity contribution in [1.82, 2.24) is 9.88 Å². The van der Waals surface area contributed by atoms with Crippen molar-refractivity contribution in [2.24, 2.45) is 11.8 Å². The van der Waals surface area contributed by atoms with Crippen molar-refractivity contribution in [3.05, 3.63) is 58.9 Å². The third kappa shape index (κ3) is 3.25. The third-order valence-corrected chi connectivity index (χ3v) is 5.56. The van der Waals surface area contributed by atoms with Gasteiger partial charge in [-0.2, -0.15) is 5.26 Å². The summed E-state index contributed by atoms with van der Waals surface area (Å²) in [6, 6.07) is 12.6. The van der Waals surface area contributed by atoms with Crippen molar-refractivity contribution in [3.8, 4) is 11.8 Å². The largest absolute Gasteiger partial charge is 0.490 e. The molecule has 1 aromatic heterocycles. The summed E-state index contributed by atoms with van der Waals surface area (Å²) < 4.78 is 6.06. The molecule has 4 rings (SSSR count). The van der Waals surface area contributed by atoms with Crippen LogP contribution in [-0.4, -0.2) is 35.0 Å². The van der Waals surface area contributed by atoms with E-state index in [0.29, 0.717) is 33.9 Å². The fourth-order valence-corrected chi connectivity index (χ4v) is 4.22. The Labute approximate surface area is 157 Å². The van der Waals surface area contributed by atoms with Crippen LogP contribution in [0.1, 0.15) is 28.9 Å². The Bertz CT molecular complexity index is 851. The van der Waals surface area contributed by atoms with Crippen LogP contribution in [0.15, 0.2) is 42.6 Å². The number of hydrogen-bond acceptors (Lipinski definition) is 4. The number of ether oxygens (including phenoxy) is 1. The van der Waals surface area contributed by atoms with E-state index in [-0.39, 0.29) is 12.0 Å². The molecule has 0 spiro atoms. The Morgan fingerprint density at radius 2 is 2.00 bits per heavy atom. The molecule has 1 saturated heterocycles. The Balaban J connectivity index is 1.36. The summed E-state index contributed by atoms with van der Waals surface area (Å²) in [7, 11) is 0. The van der Waals surface area contributed by atoms with Crippen LogP contribution in [-0.2, 0) is 0 Å². The molecule has 0 radical (unpaired) electrons. The predicted molar refractivity (Wildman–Crippen MR) is 96.9 cm³/mol. The highest BCUT2D eigenvalue weighted by Gasteiger charge is 2.43. The number of halogens is 1. The molecule has 1 amide bonds. The molecule has 2 unspecified atom stereocenters. The lowest BCUT2D eigenvalue weighted by molar-refractivity contribution is 0.0764. The molecule has 26 heavy (non-hydrogen) atoms. The quantitative estimate of drug-likeness (QED) is 0.832. The average Bonchev–Trinajstić information content (AvgIpc) is 3.20. The Hall–Kier alpha value is -2.58. The molecule has 0 N–H and O–H groups in total. The number of carbonyl (C=O) groups excluding carboxylic acids is 1. The standard InChI is InChI=1S/C20H18ClN3O2/c21-18-9-16(5-4-13(18)10-22)26-17-7-14-11-24(12-15(14)8-17)20(25)19-3-1-2-6-23-19/h1-6,9,14-15,17H,7-8,11-12H2. The summed E-state index contributed by atoms with van der Waals surface area (Å²) in [6.07, 6.45) is 3.63. The zero-order valence-corrected chi connectivity index (χ0v) is 14.9. The van der Waals surface area contributed by atoms with Gasteiger partial charge in [-0.15, -0.1) is 0 Å². The summed E-state index contributed by atoms with van der Waals surface area (Å²) >= 11 is 6.07. The monoisotopic (exact) mass is 367 g/mol. The van der Waals surface area contributed by atoms with Crippen molar-refractivity contribution < 1.29 is 9.53 Å². The maximum atomic E-state index is 12.5. The lowest BCUT2D eigenvalue weighted by atomic mass is 10.0. The molecule has 2 heterocycles. The van der Waals surface area contributed by atoms with Gasteiger partial charge in [0.25, 0.3) is 5.91 Å². The van der Waals surface area contributed by atoms with Crippen LogP contribution in [0.4, 0.5) is 0 Å². The normalized spacial score (nSPS) is 24.2. The highest BCUT2D eigenvalue weighted by Crippen LogP contribution is 2.40. The number of rotatable bonds is 3. The number of nitrogens with zero attached hydrogens (tertiary/aromatic N) is 3. The highest BCUT2D eigenvalue weighted by atomic mass is 35.5. The fraction of sp³-hybridized carbons (Fsp3) is 0.350. The van der Waals surface area contributed by atoms with Gasteiger partial charge in [0.05, 0.1) is 16.7 Å². The minimum atomic E-state index is 0.0105. The van der Waals surface area contributed by atoms with Gasteiger partial charge in [-0.1, -0.05) is 17.7 Å². The number of amides is 1. The van der Waals surface area contributed by atoms with Gasteiger partial charge in [-0.05, 0) is 48.9 Å². The van der Waals surface area contributed by atoms with Crippen LogP contribution >= 0.6 is 11.6 Å². The van der Waals surface area contributed by atoms with Crippen molar-refractivity contribution in [2.75, 3.05) is 13.1 Å². The lowest BCUT2D eigenvalue weighted by Gasteiger charge is -2.20. The summed E-state index contributed by atoms with van der Waals surface area (Å²) in [5, 5.41) is 9.35. The summed E-state index contributed by atoms with van der Waals surface area (Å²) in [5.74, 6) is 1.62. The van der Waals surface area contributed by atoms with Crippen molar-refractivity contribution in [2.45, 2.75) is 18.9 Å². The number of nitriles is 1. The van der Waals surface area contributed by atoms with E-state index < -0.39 is 0 Å². The Morgan fingerprint density at radius 3 is 2.62 bits per heavy atom. The first-order valence-electron chi connectivity index (χ1n) is 8.70. The van der Waals surface area contributed by atoms with E-state index in [2.05, 4.69) is 4.98 Å². The number of benzene rings is 1. The number of pyridine rings is 1. The molecule has 2 atom stereocenters. The summed E-state index contributed by atoms with van der Waals surface area (Å²) in [5.41, 5.74) is 0.957. The molecule has 2 aliphatic rings. The maximum absolute atomic E-state index is 12.5. The van der Waals surface area contributed by atoms with E-state index in [1.54, 1.807) is 30.5 Å². The van der Waals surface area contributed by atoms with Crippen LogP contribution in [0, 0.1) is 23.2 Å². The molecule has 1 aliphatic heterocycles. The molecule has 2 fully saturated rings. The van der Waals surface area contributed by atoms with E-state index in [1.807, 2.05) is 23.1 Å². The van der Waals surface area contributed by atoms with E-state index in [4.69, 9.17) is 21.6 Å². The van der Waals surface area contributed by atoms with Crippen LogP contribution in [0.2, 0.25) is 5.02 Å². The summed E-state index contributed by atoms with van der Waals surface area (Å²) in [4.78, 5) is 18.6. The van der Waals surface area contributed by atoms with Crippen LogP contribution in [0.3, 0.4) is 0 Å². The SMILES string of the molecule is N#Cc1ccc(OC2CC3CN(C(=O)c4ccccn4)CC3C2)cc1Cl. The van der Waals surface area contributed by atoms with Crippen LogP contribution in [0.25, 0.3) is 0 Å². The van der Waals surface area contributed by atoms with E-state index in [9.17, 15) is 4.79 Å². The third-order valence-electron chi connectivity index (χ3n) is 5.24. The Morgan fingerprint density at radius 1 is 1.23 bits per heavy atom. The second-order valence-corrected chi connectivity index (χ2v) is 7.32. The molecule has 0 bridgehead atoms. The minimum Gasteiger partial charge on any atom is -0.490 e. The number of likely N-dealkylation sites (tertiary alicyclic amines) is 1. The van der Waals surface area contributed by atoms with Crippen molar-refractivity contribution in [3.63, 3.8) is 0 Å². The molecular weight excluding hydrogens is 350 g/mol. The van der Waals surface area contributed by atoms with Crippen molar-refractivity contribution >= 4 is 17.5 Å². The van der Waals surface area contributed by atoms with E-state index >= 15 is 0 Å². The van der Waals surface area contributed by atoms with Gasteiger partial charge in [0.2, 0.25) is 0 Å². The van der Waals surface area contributed by atoms with E-state index in [0.717, 1.165) is 25.9 Å². The lowest BCUT2D eigenvalue weighted by Crippen LogP contribution is -2.31.